The van der Waals surface area contributed by atoms with Gasteiger partial charge in [-0.05, 0) is 12.1 Å². The number of carbonyl (C=O) groups excluding carboxylic acids is 2. The van der Waals surface area contributed by atoms with Crippen LogP contribution < -0.4 is 10.7 Å². The number of carbonyl (C=O) groups is 2. The van der Waals surface area contributed by atoms with Crippen molar-refractivity contribution in [2.75, 3.05) is 6.54 Å². The molecule has 108 valence electrons. The average molecular weight is 286 g/mol. The third-order valence-electron chi connectivity index (χ3n) is 3.19. The van der Waals surface area contributed by atoms with Crippen LogP contribution in [-0.4, -0.2) is 38.7 Å². The first-order valence-corrected chi connectivity index (χ1v) is 6.66. The van der Waals surface area contributed by atoms with E-state index in [1.165, 1.54) is 0 Å². The summed E-state index contributed by atoms with van der Waals surface area (Å²) in [6, 6.07) is 5.66. The number of aromatic nitrogens is 3. The summed E-state index contributed by atoms with van der Waals surface area (Å²) in [4.78, 5) is 22.8. The van der Waals surface area contributed by atoms with E-state index in [0.717, 1.165) is 11.5 Å². The van der Waals surface area contributed by atoms with Crippen molar-refractivity contribution >= 4 is 23.2 Å². The minimum atomic E-state index is -0.260. The quantitative estimate of drug-likeness (QED) is 0.802. The van der Waals surface area contributed by atoms with Gasteiger partial charge in [0.1, 0.15) is 11.5 Å². The smallest absolute Gasteiger partial charge is 0.267 e. The van der Waals surface area contributed by atoms with Gasteiger partial charge in [-0.3, -0.25) is 14.0 Å². The van der Waals surface area contributed by atoms with Crippen LogP contribution in [0.1, 0.15) is 18.7 Å². The van der Waals surface area contributed by atoms with E-state index in [0.29, 0.717) is 31.5 Å². The molecule has 8 heteroatoms. The van der Waals surface area contributed by atoms with E-state index in [4.69, 9.17) is 0 Å². The number of hydrazone groups is 1. The normalized spacial score (nSPS) is 14.7. The van der Waals surface area contributed by atoms with Gasteiger partial charge in [-0.2, -0.15) is 5.10 Å². The molecular formula is C13H14N6O2. The van der Waals surface area contributed by atoms with Gasteiger partial charge in [0.05, 0.1) is 0 Å². The van der Waals surface area contributed by atoms with Crippen molar-refractivity contribution in [3.63, 3.8) is 0 Å². The SMILES string of the molecule is O=C1CCC(C(=O)NCCc2nnc3ccccn23)=NN1. The number of nitrogens with zero attached hydrogens (tertiary/aromatic N) is 4. The van der Waals surface area contributed by atoms with E-state index >= 15 is 0 Å². The Morgan fingerprint density at radius 3 is 3.05 bits per heavy atom. The molecule has 21 heavy (non-hydrogen) atoms. The van der Waals surface area contributed by atoms with Gasteiger partial charge in [-0.25, -0.2) is 5.43 Å². The van der Waals surface area contributed by atoms with E-state index < -0.39 is 0 Å². The molecule has 0 saturated heterocycles. The fraction of sp³-hybridized carbons (Fsp3) is 0.308. The molecule has 1 aliphatic heterocycles. The minimum Gasteiger partial charge on any atom is -0.350 e. The topological polar surface area (TPSA) is 101 Å². The molecule has 0 saturated carbocycles. The molecule has 0 spiro atoms. The van der Waals surface area contributed by atoms with Crippen LogP contribution in [0.3, 0.4) is 0 Å². The summed E-state index contributed by atoms with van der Waals surface area (Å²) < 4.78 is 1.88. The number of amides is 2. The van der Waals surface area contributed by atoms with Crippen LogP contribution in [0.4, 0.5) is 0 Å². The predicted molar refractivity (Wildman–Crippen MR) is 74.5 cm³/mol. The Hall–Kier alpha value is -2.77. The summed E-state index contributed by atoms with van der Waals surface area (Å²) in [6.45, 7) is 0.432. The van der Waals surface area contributed by atoms with Gasteiger partial charge in [0.2, 0.25) is 5.91 Å². The fourth-order valence-electron chi connectivity index (χ4n) is 2.09. The van der Waals surface area contributed by atoms with Crippen molar-refractivity contribution in [3.05, 3.63) is 30.2 Å². The highest BCUT2D eigenvalue weighted by molar-refractivity contribution is 6.39. The molecule has 2 aromatic rings. The zero-order valence-electron chi connectivity index (χ0n) is 11.2. The van der Waals surface area contributed by atoms with E-state index in [-0.39, 0.29) is 11.8 Å². The van der Waals surface area contributed by atoms with E-state index in [2.05, 4.69) is 26.0 Å². The lowest BCUT2D eigenvalue weighted by atomic mass is 10.1. The van der Waals surface area contributed by atoms with Gasteiger partial charge in [0.15, 0.2) is 5.65 Å². The third kappa shape index (κ3) is 2.88. The van der Waals surface area contributed by atoms with Crippen LogP contribution in [0, 0.1) is 0 Å². The molecule has 0 atom stereocenters. The first-order chi connectivity index (χ1) is 10.2. The predicted octanol–water partition coefficient (Wildman–Crippen LogP) is -0.346. The lowest BCUT2D eigenvalue weighted by Gasteiger charge is -2.11. The summed E-state index contributed by atoms with van der Waals surface area (Å²) in [5.74, 6) is 0.357. The minimum absolute atomic E-state index is 0.165. The molecule has 0 aromatic carbocycles. The standard InChI is InChI=1S/C13H14N6O2/c20-12-5-4-9(15-18-12)13(21)14-7-6-11-17-16-10-3-1-2-8-19(10)11/h1-3,8H,4-7H2,(H,14,21)(H,18,20). The molecule has 2 N–H and O–H groups in total. The van der Waals surface area contributed by atoms with Crippen LogP contribution in [-0.2, 0) is 16.0 Å². The Morgan fingerprint density at radius 1 is 1.33 bits per heavy atom. The fourth-order valence-corrected chi connectivity index (χ4v) is 2.09. The van der Waals surface area contributed by atoms with Crippen molar-refractivity contribution < 1.29 is 9.59 Å². The van der Waals surface area contributed by atoms with Crippen LogP contribution in [0.5, 0.6) is 0 Å². The molecule has 2 amide bonds. The van der Waals surface area contributed by atoms with Crippen molar-refractivity contribution in [1.82, 2.24) is 25.3 Å². The molecule has 0 unspecified atom stereocenters. The van der Waals surface area contributed by atoms with Gasteiger partial charge in [-0.1, -0.05) is 6.07 Å². The zero-order valence-corrected chi connectivity index (χ0v) is 11.2. The number of hydrogen-bond donors (Lipinski definition) is 2. The van der Waals surface area contributed by atoms with Crippen molar-refractivity contribution in [2.24, 2.45) is 5.10 Å². The maximum atomic E-state index is 11.9. The Kier molecular flexibility index (Phi) is 3.59. The van der Waals surface area contributed by atoms with Crippen LogP contribution in [0.2, 0.25) is 0 Å². The summed E-state index contributed by atoms with van der Waals surface area (Å²) in [5, 5.41) is 14.6. The second kappa shape index (κ2) is 5.70. The molecular weight excluding hydrogens is 272 g/mol. The van der Waals surface area contributed by atoms with Gasteiger partial charge in [0, 0.05) is 32.0 Å². The van der Waals surface area contributed by atoms with Crippen LogP contribution >= 0.6 is 0 Å². The molecule has 0 radical (unpaired) electrons. The summed E-state index contributed by atoms with van der Waals surface area (Å²) in [5.41, 5.74) is 3.43. The molecule has 0 aliphatic carbocycles. The van der Waals surface area contributed by atoms with E-state index in [9.17, 15) is 9.59 Å². The second-order valence-corrected chi connectivity index (χ2v) is 4.64. The largest absolute Gasteiger partial charge is 0.350 e. The second-order valence-electron chi connectivity index (χ2n) is 4.64. The number of rotatable bonds is 4. The van der Waals surface area contributed by atoms with Gasteiger partial charge >= 0.3 is 0 Å². The molecule has 8 nitrogen and oxygen atoms in total. The van der Waals surface area contributed by atoms with Crippen molar-refractivity contribution in [3.8, 4) is 0 Å². The van der Waals surface area contributed by atoms with E-state index in [1.807, 2.05) is 28.8 Å². The maximum Gasteiger partial charge on any atom is 0.267 e. The monoisotopic (exact) mass is 286 g/mol. The Morgan fingerprint density at radius 2 is 2.24 bits per heavy atom. The Bertz CT molecular complexity index is 720. The summed E-state index contributed by atoms with van der Waals surface area (Å²) in [7, 11) is 0. The Balaban J connectivity index is 1.56. The number of fused-ring (bicyclic) bond motifs is 1. The lowest BCUT2D eigenvalue weighted by molar-refractivity contribution is -0.121. The lowest BCUT2D eigenvalue weighted by Crippen LogP contribution is -2.37. The highest BCUT2D eigenvalue weighted by Crippen LogP contribution is 2.03. The van der Waals surface area contributed by atoms with Gasteiger partial charge in [-0.15, -0.1) is 10.2 Å². The molecule has 3 rings (SSSR count). The number of pyridine rings is 1. The van der Waals surface area contributed by atoms with Crippen LogP contribution in [0.15, 0.2) is 29.5 Å². The third-order valence-corrected chi connectivity index (χ3v) is 3.19. The number of nitrogens with one attached hydrogen (secondary N) is 2. The van der Waals surface area contributed by atoms with Gasteiger partial charge < -0.3 is 5.32 Å². The average Bonchev–Trinajstić information content (AvgIpc) is 2.91. The molecule has 0 fully saturated rings. The van der Waals surface area contributed by atoms with Gasteiger partial charge in [0.25, 0.3) is 5.91 Å². The highest BCUT2D eigenvalue weighted by atomic mass is 16.2. The molecule has 2 aromatic heterocycles. The molecule has 0 bridgehead atoms. The first kappa shape index (κ1) is 13.2. The van der Waals surface area contributed by atoms with Crippen LogP contribution in [0.25, 0.3) is 5.65 Å². The van der Waals surface area contributed by atoms with E-state index in [1.54, 1.807) is 0 Å². The maximum absolute atomic E-state index is 11.9. The summed E-state index contributed by atoms with van der Waals surface area (Å²) in [6.07, 6.45) is 3.11. The Labute approximate surface area is 120 Å². The van der Waals surface area contributed by atoms with Crippen molar-refractivity contribution in [2.45, 2.75) is 19.3 Å². The number of hydrogen-bond acceptors (Lipinski definition) is 5. The molecule has 3 heterocycles. The van der Waals surface area contributed by atoms with Crippen molar-refractivity contribution in [1.29, 1.82) is 0 Å². The zero-order chi connectivity index (χ0) is 14.7. The summed E-state index contributed by atoms with van der Waals surface area (Å²) >= 11 is 0. The molecule has 1 aliphatic rings. The highest BCUT2D eigenvalue weighted by Gasteiger charge is 2.17. The first-order valence-electron chi connectivity index (χ1n) is 6.66.